The van der Waals surface area contributed by atoms with E-state index in [0.29, 0.717) is 30.3 Å². The third kappa shape index (κ3) is 7.01. The minimum atomic E-state index is -4.39. The van der Waals surface area contributed by atoms with Gasteiger partial charge in [-0.25, -0.2) is 0 Å². The van der Waals surface area contributed by atoms with Crippen LogP contribution in [0.5, 0.6) is 5.75 Å². The van der Waals surface area contributed by atoms with Crippen LogP contribution in [0.3, 0.4) is 0 Å². The summed E-state index contributed by atoms with van der Waals surface area (Å²) in [6.45, 7) is 8.78. The summed E-state index contributed by atoms with van der Waals surface area (Å²) in [7, 11) is 0. The zero-order valence-corrected chi connectivity index (χ0v) is 19.2. The maximum Gasteiger partial charge on any atom is 0.416 e. The van der Waals surface area contributed by atoms with Crippen LogP contribution in [-0.4, -0.2) is 12.5 Å². The Morgan fingerprint density at radius 2 is 1.85 bits per heavy atom. The second kappa shape index (κ2) is 11.1. The number of carbonyl (C=O) groups is 1. The molecule has 0 bridgehead atoms. The van der Waals surface area contributed by atoms with Gasteiger partial charge in [0.15, 0.2) is 5.76 Å². The van der Waals surface area contributed by atoms with Gasteiger partial charge in [0, 0.05) is 18.5 Å². The van der Waals surface area contributed by atoms with E-state index in [4.69, 9.17) is 9.15 Å². The van der Waals surface area contributed by atoms with Crippen LogP contribution in [-0.2, 0) is 19.1 Å². The van der Waals surface area contributed by atoms with Gasteiger partial charge in [0.1, 0.15) is 11.5 Å². The normalized spacial score (nSPS) is 11.5. The molecule has 0 atom stereocenters. The predicted octanol–water partition coefficient (Wildman–Crippen LogP) is 6.89. The van der Waals surface area contributed by atoms with Gasteiger partial charge in [-0.3, -0.25) is 4.79 Å². The number of halogens is 3. The lowest BCUT2D eigenvalue weighted by Gasteiger charge is -2.13. The molecule has 0 aliphatic rings. The number of rotatable bonds is 10. The van der Waals surface area contributed by atoms with Gasteiger partial charge in [-0.2, -0.15) is 13.2 Å². The molecule has 0 saturated carbocycles. The van der Waals surface area contributed by atoms with Gasteiger partial charge in [0.25, 0.3) is 5.91 Å². The molecule has 0 spiro atoms. The van der Waals surface area contributed by atoms with Crippen molar-refractivity contribution in [2.45, 2.75) is 39.4 Å². The first kappa shape index (κ1) is 25.1. The van der Waals surface area contributed by atoms with Gasteiger partial charge in [-0.05, 0) is 59.9 Å². The molecule has 180 valence electrons. The highest BCUT2D eigenvalue weighted by atomic mass is 19.4. The van der Waals surface area contributed by atoms with Crippen LogP contribution in [0, 0.1) is 5.92 Å². The summed E-state index contributed by atoms with van der Waals surface area (Å²) in [5.41, 5.74) is 1.70. The van der Waals surface area contributed by atoms with E-state index in [1.54, 1.807) is 18.2 Å². The first-order valence-corrected chi connectivity index (χ1v) is 11.1. The highest BCUT2D eigenvalue weighted by Gasteiger charge is 2.29. The van der Waals surface area contributed by atoms with Crippen molar-refractivity contribution in [3.8, 4) is 5.75 Å². The van der Waals surface area contributed by atoms with E-state index >= 15 is 0 Å². The fourth-order valence-electron chi connectivity index (χ4n) is 3.27. The van der Waals surface area contributed by atoms with Crippen LogP contribution in [0.4, 0.5) is 13.2 Å². The summed E-state index contributed by atoms with van der Waals surface area (Å²) < 4.78 is 49.7. The lowest BCUT2D eigenvalue weighted by atomic mass is 10.1. The third-order valence-electron chi connectivity index (χ3n) is 5.26. The third-order valence-corrected chi connectivity index (χ3v) is 5.26. The molecular weight excluding hydrogens is 443 g/mol. The second-order valence-corrected chi connectivity index (χ2v) is 8.42. The zero-order valence-electron chi connectivity index (χ0n) is 19.2. The smallest absolute Gasteiger partial charge is 0.416 e. The Bertz CT molecular complexity index is 1110. The topological polar surface area (TPSA) is 51.5 Å². The average Bonchev–Trinajstić information content (AvgIpc) is 3.26. The Labute approximate surface area is 197 Å². The maximum absolute atomic E-state index is 12.7. The van der Waals surface area contributed by atoms with E-state index in [-0.39, 0.29) is 12.3 Å². The molecule has 0 aliphatic heterocycles. The molecule has 1 amide bonds. The molecule has 34 heavy (non-hydrogen) atoms. The predicted molar refractivity (Wildman–Crippen MR) is 126 cm³/mol. The Morgan fingerprint density at radius 3 is 2.50 bits per heavy atom. The lowest BCUT2D eigenvalue weighted by Crippen LogP contribution is -2.22. The van der Waals surface area contributed by atoms with Crippen molar-refractivity contribution >= 4 is 12.0 Å². The largest absolute Gasteiger partial charge is 0.493 e. The molecule has 0 radical (unpaired) electrons. The van der Waals surface area contributed by atoms with E-state index in [0.717, 1.165) is 35.4 Å². The first-order valence-electron chi connectivity index (χ1n) is 11.1. The summed E-state index contributed by atoms with van der Waals surface area (Å²) in [5, 5.41) is 2.67. The van der Waals surface area contributed by atoms with Crippen LogP contribution < -0.4 is 10.1 Å². The number of alkyl halides is 3. The number of amides is 1. The summed E-state index contributed by atoms with van der Waals surface area (Å²) in [6, 6.07) is 13.8. The molecule has 0 aliphatic carbocycles. The van der Waals surface area contributed by atoms with Crippen LogP contribution in [0.1, 0.15) is 58.8 Å². The Hall–Kier alpha value is -3.48. The van der Waals surface area contributed by atoms with E-state index < -0.39 is 17.6 Å². The van der Waals surface area contributed by atoms with Crippen molar-refractivity contribution in [1.82, 2.24) is 5.32 Å². The molecular formula is C27H28F3NO3. The quantitative estimate of drug-likeness (QED) is 0.350. The van der Waals surface area contributed by atoms with Crippen LogP contribution in [0.25, 0.3) is 6.08 Å². The number of hydrogen-bond acceptors (Lipinski definition) is 3. The van der Waals surface area contributed by atoms with Crippen LogP contribution in [0.15, 0.2) is 65.6 Å². The highest BCUT2D eigenvalue weighted by molar-refractivity contribution is 5.91. The molecule has 1 aromatic heterocycles. The van der Waals surface area contributed by atoms with Gasteiger partial charge in [0.05, 0.1) is 12.2 Å². The number of nitrogens with one attached hydrogen (secondary N) is 1. The Balaban J connectivity index is 1.63. The molecule has 1 N–H and O–H groups in total. The van der Waals surface area contributed by atoms with E-state index in [2.05, 4.69) is 25.7 Å². The molecule has 3 rings (SSSR count). The summed E-state index contributed by atoms with van der Waals surface area (Å²) in [6.07, 6.45) is -1.27. The van der Waals surface area contributed by atoms with Crippen molar-refractivity contribution in [3.05, 3.63) is 95.0 Å². The van der Waals surface area contributed by atoms with E-state index in [1.165, 1.54) is 12.1 Å². The Kier molecular flexibility index (Phi) is 8.21. The molecule has 4 nitrogen and oxygen atoms in total. The SMILES string of the molecule is C=Cc1ccc(OCCC(C)C)c(Cc2ccc(C(=O)NCc3ccc(C(F)(F)F)cc3)o2)c1. The molecule has 0 unspecified atom stereocenters. The number of ether oxygens (including phenoxy) is 1. The maximum atomic E-state index is 12.7. The number of hydrogen-bond donors (Lipinski definition) is 1. The average molecular weight is 472 g/mol. The van der Waals surface area contributed by atoms with Gasteiger partial charge in [-0.1, -0.05) is 44.7 Å². The summed E-state index contributed by atoms with van der Waals surface area (Å²) in [5.74, 6) is 1.57. The molecule has 0 saturated heterocycles. The fourth-order valence-corrected chi connectivity index (χ4v) is 3.27. The summed E-state index contributed by atoms with van der Waals surface area (Å²) in [4.78, 5) is 12.5. The van der Waals surface area contributed by atoms with Gasteiger partial charge in [0.2, 0.25) is 0 Å². The standard InChI is InChI=1S/C27H28F3NO3/c1-4-19-7-11-24(33-14-13-18(2)3)21(15-19)16-23-10-12-25(34-23)26(32)31-17-20-5-8-22(9-6-20)27(28,29)30/h4-12,15,18H,1,13-14,16-17H2,2-3H3,(H,31,32). The monoisotopic (exact) mass is 471 g/mol. The molecule has 0 fully saturated rings. The number of carbonyl (C=O) groups excluding carboxylic acids is 1. The van der Waals surface area contributed by atoms with Crippen LogP contribution >= 0.6 is 0 Å². The van der Waals surface area contributed by atoms with Crippen molar-refractivity contribution in [1.29, 1.82) is 0 Å². The van der Waals surface area contributed by atoms with Crippen molar-refractivity contribution in [2.75, 3.05) is 6.61 Å². The Morgan fingerprint density at radius 1 is 1.12 bits per heavy atom. The van der Waals surface area contributed by atoms with Crippen molar-refractivity contribution in [3.63, 3.8) is 0 Å². The minimum absolute atomic E-state index is 0.0855. The van der Waals surface area contributed by atoms with Crippen LogP contribution in [0.2, 0.25) is 0 Å². The fraction of sp³-hybridized carbons (Fsp3) is 0.296. The van der Waals surface area contributed by atoms with E-state index in [1.807, 2.05) is 18.2 Å². The highest BCUT2D eigenvalue weighted by Crippen LogP contribution is 2.29. The molecule has 3 aromatic rings. The second-order valence-electron chi connectivity index (χ2n) is 8.42. The number of benzene rings is 2. The molecule has 2 aromatic carbocycles. The molecule has 7 heteroatoms. The number of furan rings is 1. The molecule has 1 heterocycles. The summed E-state index contributed by atoms with van der Waals surface area (Å²) >= 11 is 0. The van der Waals surface area contributed by atoms with Crippen molar-refractivity contribution in [2.24, 2.45) is 5.92 Å². The van der Waals surface area contributed by atoms with E-state index in [9.17, 15) is 18.0 Å². The minimum Gasteiger partial charge on any atom is -0.493 e. The van der Waals surface area contributed by atoms with Gasteiger partial charge >= 0.3 is 6.18 Å². The zero-order chi connectivity index (χ0) is 24.7. The van der Waals surface area contributed by atoms with Gasteiger partial charge < -0.3 is 14.5 Å². The lowest BCUT2D eigenvalue weighted by molar-refractivity contribution is -0.137. The van der Waals surface area contributed by atoms with Gasteiger partial charge in [-0.15, -0.1) is 0 Å². The first-order chi connectivity index (χ1) is 16.2. The van der Waals surface area contributed by atoms with Crippen molar-refractivity contribution < 1.29 is 27.1 Å².